The van der Waals surface area contributed by atoms with Gasteiger partial charge in [0.25, 0.3) is 5.91 Å². The Balaban J connectivity index is 2.15. The van der Waals surface area contributed by atoms with Gasteiger partial charge in [0.15, 0.2) is 0 Å². The van der Waals surface area contributed by atoms with E-state index in [2.05, 4.69) is 10.1 Å². The Morgan fingerprint density at radius 1 is 1.04 bits per heavy atom. The highest BCUT2D eigenvalue weighted by Gasteiger charge is 2.22. The van der Waals surface area contributed by atoms with Gasteiger partial charge in [-0.1, -0.05) is 18.2 Å². The molecule has 7 heteroatoms. The number of carbonyl (C=O) groups excluding carboxylic acids is 2. The Morgan fingerprint density at radius 2 is 1.73 bits per heavy atom. The minimum absolute atomic E-state index is 0.0922. The summed E-state index contributed by atoms with van der Waals surface area (Å²) < 4.78 is 9.73. The molecule has 0 aliphatic heterocycles. The zero-order valence-electron chi connectivity index (χ0n) is 14.4. The van der Waals surface area contributed by atoms with E-state index < -0.39 is 23.9 Å². The molecule has 0 aromatic heterocycles. The number of hydrogen-bond acceptors (Lipinski definition) is 5. The van der Waals surface area contributed by atoms with E-state index in [4.69, 9.17) is 4.74 Å². The molecule has 0 spiro atoms. The first kappa shape index (κ1) is 19.0. The van der Waals surface area contributed by atoms with E-state index in [1.54, 1.807) is 24.3 Å². The molecule has 1 amide bonds. The number of methoxy groups -OCH3 is 2. The van der Waals surface area contributed by atoms with Gasteiger partial charge >= 0.3 is 11.9 Å². The van der Waals surface area contributed by atoms with Gasteiger partial charge in [0.2, 0.25) is 0 Å². The van der Waals surface area contributed by atoms with E-state index in [0.717, 1.165) is 0 Å². The highest BCUT2D eigenvalue weighted by atomic mass is 16.5. The molecule has 0 heterocycles. The predicted octanol–water partition coefficient (Wildman–Crippen LogP) is 1.91. The number of ether oxygens (including phenoxy) is 2. The van der Waals surface area contributed by atoms with Gasteiger partial charge < -0.3 is 19.9 Å². The van der Waals surface area contributed by atoms with Crippen molar-refractivity contribution in [3.63, 3.8) is 0 Å². The molecule has 2 N–H and O–H groups in total. The quantitative estimate of drug-likeness (QED) is 0.734. The van der Waals surface area contributed by atoms with Crippen molar-refractivity contribution in [1.82, 2.24) is 5.32 Å². The molecule has 0 radical (unpaired) electrons. The summed E-state index contributed by atoms with van der Waals surface area (Å²) in [7, 11) is 2.76. The lowest BCUT2D eigenvalue weighted by Gasteiger charge is -2.15. The Kier molecular flexibility index (Phi) is 6.32. The van der Waals surface area contributed by atoms with Gasteiger partial charge in [-0.05, 0) is 35.9 Å². The smallest absolute Gasteiger partial charge is 0.337 e. The molecule has 0 bridgehead atoms. The van der Waals surface area contributed by atoms with Crippen LogP contribution in [-0.4, -0.2) is 43.2 Å². The van der Waals surface area contributed by atoms with Crippen LogP contribution in [0.1, 0.15) is 26.3 Å². The van der Waals surface area contributed by atoms with Gasteiger partial charge in [0, 0.05) is 12.0 Å². The van der Waals surface area contributed by atoms with Crippen molar-refractivity contribution >= 4 is 17.8 Å². The summed E-state index contributed by atoms with van der Waals surface area (Å²) in [5.74, 6) is -1.73. The zero-order chi connectivity index (χ0) is 19.1. The summed E-state index contributed by atoms with van der Waals surface area (Å²) in [6.07, 6.45) is 0.0922. The maximum Gasteiger partial charge on any atom is 0.337 e. The van der Waals surface area contributed by atoms with Crippen LogP contribution in [0.4, 0.5) is 0 Å². The Hall–Kier alpha value is -3.35. The van der Waals surface area contributed by atoms with Crippen molar-refractivity contribution in [2.45, 2.75) is 12.5 Å². The van der Waals surface area contributed by atoms with Gasteiger partial charge in [0.1, 0.15) is 11.8 Å². The summed E-state index contributed by atoms with van der Waals surface area (Å²) in [5, 5.41) is 11.9. The Labute approximate surface area is 150 Å². The standard InChI is InChI=1S/C19H19NO6/c1-25-15-8-3-5-12(9-15)10-16(18(22)23)20-17(21)13-6-4-7-14(11-13)19(24)26-2/h3-9,11,16H,10H2,1-2H3,(H,20,21)(H,22,23)/t16-/m0/s1. The van der Waals surface area contributed by atoms with E-state index in [-0.39, 0.29) is 17.5 Å². The van der Waals surface area contributed by atoms with Crippen LogP contribution in [0.2, 0.25) is 0 Å². The SMILES string of the molecule is COC(=O)c1cccc(C(=O)N[C@@H](Cc2cccc(OC)c2)C(=O)O)c1. The number of carboxylic acids is 1. The largest absolute Gasteiger partial charge is 0.497 e. The molecule has 0 fully saturated rings. The number of carbonyl (C=O) groups is 3. The molecule has 2 aromatic carbocycles. The second-order valence-corrected chi connectivity index (χ2v) is 5.49. The van der Waals surface area contributed by atoms with E-state index in [1.165, 1.54) is 38.5 Å². The van der Waals surface area contributed by atoms with E-state index in [0.29, 0.717) is 11.3 Å². The second kappa shape index (κ2) is 8.66. The number of benzene rings is 2. The number of esters is 1. The summed E-state index contributed by atoms with van der Waals surface area (Å²) in [4.78, 5) is 35.5. The molecular formula is C19H19NO6. The maximum absolute atomic E-state index is 12.4. The number of carboxylic acid groups (broad SMARTS) is 1. The van der Waals surface area contributed by atoms with Gasteiger partial charge in [-0.3, -0.25) is 4.79 Å². The van der Waals surface area contributed by atoms with Gasteiger partial charge in [0.05, 0.1) is 19.8 Å². The van der Waals surface area contributed by atoms with Crippen molar-refractivity contribution in [2.75, 3.05) is 14.2 Å². The Bertz CT molecular complexity index is 817. The molecular weight excluding hydrogens is 338 g/mol. The summed E-state index contributed by atoms with van der Waals surface area (Å²) in [5.41, 5.74) is 1.09. The number of nitrogens with one attached hydrogen (secondary N) is 1. The molecule has 0 saturated carbocycles. The zero-order valence-corrected chi connectivity index (χ0v) is 14.4. The summed E-state index contributed by atoms with van der Waals surface area (Å²) in [6.45, 7) is 0. The van der Waals surface area contributed by atoms with Crippen LogP contribution in [-0.2, 0) is 16.0 Å². The monoisotopic (exact) mass is 357 g/mol. The van der Waals surface area contributed by atoms with Crippen LogP contribution < -0.4 is 10.1 Å². The number of aliphatic carboxylic acids is 1. The highest BCUT2D eigenvalue weighted by molar-refractivity contribution is 5.99. The van der Waals surface area contributed by atoms with Gasteiger partial charge in [-0.2, -0.15) is 0 Å². The van der Waals surface area contributed by atoms with Crippen LogP contribution in [0.15, 0.2) is 48.5 Å². The first-order chi connectivity index (χ1) is 12.4. The highest BCUT2D eigenvalue weighted by Crippen LogP contribution is 2.14. The third-order valence-corrected chi connectivity index (χ3v) is 3.72. The lowest BCUT2D eigenvalue weighted by Crippen LogP contribution is -2.42. The van der Waals surface area contributed by atoms with Crippen LogP contribution in [0.3, 0.4) is 0 Å². The molecule has 1 atom stereocenters. The van der Waals surface area contributed by atoms with E-state index >= 15 is 0 Å². The minimum Gasteiger partial charge on any atom is -0.497 e. The average Bonchev–Trinajstić information content (AvgIpc) is 2.66. The lowest BCUT2D eigenvalue weighted by atomic mass is 10.0. The number of amides is 1. The van der Waals surface area contributed by atoms with Crippen LogP contribution in [0, 0.1) is 0 Å². The lowest BCUT2D eigenvalue weighted by molar-refractivity contribution is -0.139. The van der Waals surface area contributed by atoms with Gasteiger partial charge in [-0.15, -0.1) is 0 Å². The van der Waals surface area contributed by atoms with E-state index in [1.807, 2.05) is 0 Å². The third kappa shape index (κ3) is 4.83. The molecule has 136 valence electrons. The first-order valence-electron chi connectivity index (χ1n) is 7.79. The number of rotatable bonds is 7. The average molecular weight is 357 g/mol. The third-order valence-electron chi connectivity index (χ3n) is 3.72. The van der Waals surface area contributed by atoms with Crippen molar-refractivity contribution in [2.24, 2.45) is 0 Å². The Morgan fingerprint density at radius 3 is 2.38 bits per heavy atom. The van der Waals surface area contributed by atoms with Crippen LogP contribution >= 0.6 is 0 Å². The fourth-order valence-electron chi connectivity index (χ4n) is 2.38. The molecule has 2 rings (SSSR count). The number of hydrogen-bond donors (Lipinski definition) is 2. The van der Waals surface area contributed by atoms with Crippen molar-refractivity contribution in [1.29, 1.82) is 0 Å². The molecule has 0 aliphatic carbocycles. The minimum atomic E-state index is -1.16. The summed E-state index contributed by atoms with van der Waals surface area (Å²) >= 11 is 0. The second-order valence-electron chi connectivity index (χ2n) is 5.49. The fourth-order valence-corrected chi connectivity index (χ4v) is 2.38. The predicted molar refractivity (Wildman–Crippen MR) is 93.4 cm³/mol. The maximum atomic E-state index is 12.4. The van der Waals surface area contributed by atoms with E-state index in [9.17, 15) is 19.5 Å². The molecule has 0 unspecified atom stereocenters. The molecule has 0 aliphatic rings. The van der Waals surface area contributed by atoms with Gasteiger partial charge in [-0.25, -0.2) is 9.59 Å². The topological polar surface area (TPSA) is 102 Å². The van der Waals surface area contributed by atoms with Crippen LogP contribution in [0.25, 0.3) is 0 Å². The van der Waals surface area contributed by atoms with Crippen molar-refractivity contribution in [3.05, 3.63) is 65.2 Å². The molecule has 0 saturated heterocycles. The fraction of sp³-hybridized carbons (Fsp3) is 0.211. The molecule has 2 aromatic rings. The van der Waals surface area contributed by atoms with Crippen LogP contribution in [0.5, 0.6) is 5.75 Å². The summed E-state index contributed by atoms with van der Waals surface area (Å²) in [6, 6.07) is 11.7. The molecule has 26 heavy (non-hydrogen) atoms. The first-order valence-corrected chi connectivity index (χ1v) is 7.79. The van der Waals surface area contributed by atoms with Crippen molar-refractivity contribution in [3.8, 4) is 5.75 Å². The molecule has 7 nitrogen and oxygen atoms in total. The van der Waals surface area contributed by atoms with Crippen molar-refractivity contribution < 1.29 is 29.0 Å². The normalized spacial score (nSPS) is 11.3.